The minimum absolute atomic E-state index is 0.827. The van der Waals surface area contributed by atoms with E-state index < -0.39 is 0 Å². The summed E-state index contributed by atoms with van der Waals surface area (Å²) in [6.07, 6.45) is 10.9. The molecule has 0 saturated carbocycles. The Hall–Kier alpha value is -4.33. The molecule has 0 atom stereocenters. The lowest BCUT2D eigenvalue weighted by atomic mass is 10.1. The van der Waals surface area contributed by atoms with E-state index in [9.17, 15) is 0 Å². The third kappa shape index (κ3) is 2.58. The largest absolute Gasteiger partial charge is 0.353 e. The molecule has 30 heavy (non-hydrogen) atoms. The van der Waals surface area contributed by atoms with E-state index in [2.05, 4.69) is 41.2 Å². The summed E-state index contributed by atoms with van der Waals surface area (Å²) in [5, 5.41) is 9.62. The molecule has 8 heteroatoms. The first kappa shape index (κ1) is 16.6. The fraction of sp³-hybridized carbons (Fsp3) is 0.0455. The van der Waals surface area contributed by atoms with E-state index in [0.29, 0.717) is 0 Å². The van der Waals surface area contributed by atoms with Crippen molar-refractivity contribution < 1.29 is 0 Å². The molecular formula is C22H16N8. The quantitative estimate of drug-likeness (QED) is 0.473. The van der Waals surface area contributed by atoms with Crippen LogP contribution in [0, 0.1) is 6.92 Å². The lowest BCUT2D eigenvalue weighted by Gasteiger charge is -2.01. The van der Waals surface area contributed by atoms with Gasteiger partial charge in [-0.2, -0.15) is 5.10 Å². The standard InChI is InChI=1S/C22H16N8/c1-13-11-30(12-26-13)22-16-8-19(27-17(16)4-6-24-22)21-15-7-18(14-3-2-5-23-9-14)25-10-20(15)28-29-21/h2-12,27H,1H3,(H,28,29). The van der Waals surface area contributed by atoms with Crippen molar-refractivity contribution in [1.82, 2.24) is 39.7 Å². The van der Waals surface area contributed by atoms with Crippen LogP contribution in [0.15, 0.2) is 67.6 Å². The van der Waals surface area contributed by atoms with Crippen molar-refractivity contribution in [2.45, 2.75) is 6.92 Å². The Morgan fingerprint density at radius 1 is 0.933 bits per heavy atom. The number of fused-ring (bicyclic) bond motifs is 2. The summed E-state index contributed by atoms with van der Waals surface area (Å²) in [7, 11) is 0. The van der Waals surface area contributed by atoms with Gasteiger partial charge in [0.1, 0.15) is 17.8 Å². The van der Waals surface area contributed by atoms with E-state index >= 15 is 0 Å². The molecule has 0 aliphatic rings. The van der Waals surface area contributed by atoms with E-state index in [-0.39, 0.29) is 0 Å². The topological polar surface area (TPSA) is 101 Å². The zero-order chi connectivity index (χ0) is 20.1. The molecule has 0 spiro atoms. The van der Waals surface area contributed by atoms with Crippen LogP contribution < -0.4 is 0 Å². The molecular weight excluding hydrogens is 376 g/mol. The van der Waals surface area contributed by atoms with E-state index in [1.54, 1.807) is 24.9 Å². The molecule has 6 rings (SSSR count). The number of aromatic amines is 2. The van der Waals surface area contributed by atoms with Gasteiger partial charge in [-0.3, -0.25) is 19.6 Å². The monoisotopic (exact) mass is 392 g/mol. The number of imidazole rings is 1. The van der Waals surface area contributed by atoms with Crippen molar-refractivity contribution in [2.24, 2.45) is 0 Å². The molecule has 0 aliphatic carbocycles. The summed E-state index contributed by atoms with van der Waals surface area (Å²) in [5.41, 5.74) is 6.36. The van der Waals surface area contributed by atoms with Gasteiger partial charge in [0, 0.05) is 41.1 Å². The van der Waals surface area contributed by atoms with Gasteiger partial charge in [0.2, 0.25) is 0 Å². The zero-order valence-corrected chi connectivity index (χ0v) is 16.0. The van der Waals surface area contributed by atoms with Crippen molar-refractivity contribution in [1.29, 1.82) is 0 Å². The maximum absolute atomic E-state index is 4.56. The van der Waals surface area contributed by atoms with E-state index in [0.717, 1.165) is 56.0 Å². The fourth-order valence-corrected chi connectivity index (χ4v) is 3.70. The van der Waals surface area contributed by atoms with E-state index in [4.69, 9.17) is 0 Å². The highest BCUT2D eigenvalue weighted by atomic mass is 15.1. The molecule has 0 bridgehead atoms. The Balaban J connectivity index is 1.52. The zero-order valence-electron chi connectivity index (χ0n) is 16.0. The minimum atomic E-state index is 0.827. The number of aryl methyl sites for hydroxylation is 1. The van der Waals surface area contributed by atoms with Crippen LogP contribution in [0.4, 0.5) is 0 Å². The summed E-state index contributed by atoms with van der Waals surface area (Å²) >= 11 is 0. The van der Waals surface area contributed by atoms with Crippen LogP contribution in [0.5, 0.6) is 0 Å². The van der Waals surface area contributed by atoms with Crippen molar-refractivity contribution in [3.05, 3.63) is 73.3 Å². The maximum Gasteiger partial charge on any atom is 0.147 e. The van der Waals surface area contributed by atoms with Crippen LogP contribution in [-0.4, -0.2) is 39.7 Å². The Bertz CT molecular complexity index is 1510. The molecule has 0 amide bonds. The molecule has 6 aromatic heterocycles. The number of nitrogens with one attached hydrogen (secondary N) is 2. The summed E-state index contributed by atoms with van der Waals surface area (Å²) in [6, 6.07) is 9.97. The van der Waals surface area contributed by atoms with Gasteiger partial charge in [-0.1, -0.05) is 0 Å². The van der Waals surface area contributed by atoms with Gasteiger partial charge in [0.25, 0.3) is 0 Å². The molecule has 8 nitrogen and oxygen atoms in total. The van der Waals surface area contributed by atoms with Crippen LogP contribution in [0.3, 0.4) is 0 Å². The van der Waals surface area contributed by atoms with Gasteiger partial charge in [0.15, 0.2) is 0 Å². The van der Waals surface area contributed by atoms with Crippen molar-refractivity contribution in [3.8, 4) is 28.5 Å². The average Bonchev–Trinajstić information content (AvgIpc) is 3.51. The van der Waals surface area contributed by atoms with Gasteiger partial charge < -0.3 is 4.98 Å². The number of hydrogen-bond acceptors (Lipinski definition) is 5. The van der Waals surface area contributed by atoms with Gasteiger partial charge >= 0.3 is 0 Å². The summed E-state index contributed by atoms with van der Waals surface area (Å²) in [4.78, 5) is 21.1. The second-order valence-corrected chi connectivity index (χ2v) is 7.13. The third-order valence-electron chi connectivity index (χ3n) is 5.14. The first-order valence-corrected chi connectivity index (χ1v) is 9.50. The highest BCUT2D eigenvalue weighted by Crippen LogP contribution is 2.32. The Morgan fingerprint density at radius 2 is 1.90 bits per heavy atom. The van der Waals surface area contributed by atoms with Crippen molar-refractivity contribution in [3.63, 3.8) is 0 Å². The maximum atomic E-state index is 4.56. The lowest BCUT2D eigenvalue weighted by Crippen LogP contribution is -1.94. The summed E-state index contributed by atoms with van der Waals surface area (Å²) < 4.78 is 1.93. The molecule has 6 aromatic rings. The van der Waals surface area contributed by atoms with Crippen LogP contribution in [-0.2, 0) is 0 Å². The van der Waals surface area contributed by atoms with Crippen LogP contribution >= 0.6 is 0 Å². The second kappa shape index (κ2) is 6.35. The number of rotatable bonds is 3. The number of hydrogen-bond donors (Lipinski definition) is 2. The van der Waals surface area contributed by atoms with Gasteiger partial charge in [-0.15, -0.1) is 0 Å². The number of H-pyrrole nitrogens is 2. The Kier molecular flexibility index (Phi) is 3.51. The normalized spacial score (nSPS) is 11.5. The molecule has 2 N–H and O–H groups in total. The molecule has 144 valence electrons. The fourth-order valence-electron chi connectivity index (χ4n) is 3.70. The molecule has 6 heterocycles. The van der Waals surface area contributed by atoms with Gasteiger partial charge in [-0.25, -0.2) is 9.97 Å². The highest BCUT2D eigenvalue weighted by Gasteiger charge is 2.15. The smallest absolute Gasteiger partial charge is 0.147 e. The molecule has 0 aromatic carbocycles. The number of aromatic nitrogens is 8. The summed E-state index contributed by atoms with van der Waals surface area (Å²) in [5.74, 6) is 0.827. The van der Waals surface area contributed by atoms with Crippen molar-refractivity contribution >= 4 is 21.8 Å². The Labute approximate surface area is 170 Å². The van der Waals surface area contributed by atoms with Crippen LogP contribution in [0.1, 0.15) is 5.69 Å². The summed E-state index contributed by atoms with van der Waals surface area (Å²) in [6.45, 7) is 1.96. The molecule has 0 saturated heterocycles. The second-order valence-electron chi connectivity index (χ2n) is 7.13. The van der Waals surface area contributed by atoms with Gasteiger partial charge in [-0.05, 0) is 37.3 Å². The van der Waals surface area contributed by atoms with E-state index in [1.165, 1.54) is 0 Å². The average molecular weight is 392 g/mol. The van der Waals surface area contributed by atoms with Crippen LogP contribution in [0.25, 0.3) is 50.3 Å². The predicted molar refractivity (Wildman–Crippen MR) is 114 cm³/mol. The number of pyridine rings is 3. The molecule has 0 unspecified atom stereocenters. The molecule has 0 aliphatic heterocycles. The first-order valence-electron chi connectivity index (χ1n) is 9.50. The molecule has 0 radical (unpaired) electrons. The SMILES string of the molecule is Cc1cn(-c2nccc3[nH]c(-c4n[nH]c5cnc(-c6cccnc6)cc45)cc23)cn1. The minimum Gasteiger partial charge on any atom is -0.353 e. The lowest BCUT2D eigenvalue weighted by molar-refractivity contribution is 1.01. The van der Waals surface area contributed by atoms with Crippen LogP contribution in [0.2, 0.25) is 0 Å². The molecule has 0 fully saturated rings. The van der Waals surface area contributed by atoms with Gasteiger partial charge in [0.05, 0.1) is 34.3 Å². The number of nitrogens with zero attached hydrogens (tertiary/aromatic N) is 6. The van der Waals surface area contributed by atoms with E-state index in [1.807, 2.05) is 48.1 Å². The first-order chi connectivity index (χ1) is 14.8. The third-order valence-corrected chi connectivity index (χ3v) is 5.14. The predicted octanol–water partition coefficient (Wildman–Crippen LogP) is 4.06. The Morgan fingerprint density at radius 3 is 2.73 bits per heavy atom. The van der Waals surface area contributed by atoms with Crippen molar-refractivity contribution in [2.75, 3.05) is 0 Å². The highest BCUT2D eigenvalue weighted by molar-refractivity contribution is 5.98.